The summed E-state index contributed by atoms with van der Waals surface area (Å²) in [5, 5.41) is 5.54. The van der Waals surface area contributed by atoms with E-state index in [9.17, 15) is 9.59 Å². The molecule has 2 rings (SSSR count). The van der Waals surface area contributed by atoms with Crippen molar-refractivity contribution in [1.82, 2.24) is 0 Å². The second-order valence-corrected chi connectivity index (χ2v) is 5.33. The minimum absolute atomic E-state index is 0.217. The van der Waals surface area contributed by atoms with E-state index in [1.54, 1.807) is 30.3 Å². The summed E-state index contributed by atoms with van der Waals surface area (Å²) in [7, 11) is 0. The Labute approximate surface area is 138 Å². The molecule has 22 heavy (non-hydrogen) atoms. The van der Waals surface area contributed by atoms with Crippen LogP contribution in [0.15, 0.2) is 42.5 Å². The number of hydrogen-bond acceptors (Lipinski definition) is 2. The van der Waals surface area contributed by atoms with Crippen molar-refractivity contribution in [2.45, 2.75) is 13.3 Å². The number of halogens is 2. The van der Waals surface area contributed by atoms with Crippen molar-refractivity contribution < 1.29 is 9.59 Å². The van der Waals surface area contributed by atoms with Crippen molar-refractivity contribution in [2.24, 2.45) is 0 Å². The van der Waals surface area contributed by atoms with Crippen LogP contribution < -0.4 is 10.6 Å². The fourth-order valence-corrected chi connectivity index (χ4v) is 2.41. The highest BCUT2D eigenvalue weighted by molar-refractivity contribution is 6.46. The maximum Gasteiger partial charge on any atom is 0.314 e. The van der Waals surface area contributed by atoms with Gasteiger partial charge in [-0.15, -0.1) is 0 Å². The zero-order valence-electron chi connectivity index (χ0n) is 11.8. The van der Waals surface area contributed by atoms with Gasteiger partial charge in [0.05, 0.1) is 15.7 Å². The largest absolute Gasteiger partial charge is 0.318 e. The first kappa shape index (κ1) is 16.3. The number of nitrogens with one attached hydrogen (secondary N) is 2. The van der Waals surface area contributed by atoms with Crippen molar-refractivity contribution in [2.75, 3.05) is 10.6 Å². The molecular formula is C16H14Cl2N2O2. The van der Waals surface area contributed by atoms with Crippen LogP contribution in [0, 0.1) is 0 Å². The van der Waals surface area contributed by atoms with Gasteiger partial charge in [0.2, 0.25) is 0 Å². The Morgan fingerprint density at radius 3 is 2.14 bits per heavy atom. The average molecular weight is 337 g/mol. The zero-order chi connectivity index (χ0) is 16.1. The first-order chi connectivity index (χ1) is 10.5. The summed E-state index contributed by atoms with van der Waals surface area (Å²) in [6.45, 7) is 1.97. The molecule has 114 valence electrons. The van der Waals surface area contributed by atoms with E-state index in [1.165, 1.54) is 0 Å². The lowest BCUT2D eigenvalue weighted by Crippen LogP contribution is -2.29. The Bertz CT molecular complexity index is 697. The monoisotopic (exact) mass is 336 g/mol. The van der Waals surface area contributed by atoms with Gasteiger partial charge in [-0.1, -0.05) is 54.4 Å². The molecule has 0 spiro atoms. The quantitative estimate of drug-likeness (QED) is 0.828. The van der Waals surface area contributed by atoms with Crippen LogP contribution >= 0.6 is 23.2 Å². The van der Waals surface area contributed by atoms with Crippen molar-refractivity contribution >= 4 is 46.4 Å². The molecule has 0 unspecified atom stereocenters. The number of aryl methyl sites for hydroxylation is 1. The topological polar surface area (TPSA) is 58.2 Å². The molecule has 6 heteroatoms. The van der Waals surface area contributed by atoms with E-state index in [2.05, 4.69) is 10.6 Å². The standard InChI is InChI=1S/C16H14Cl2N2O2/c1-2-10-6-3-4-9-13(10)19-15(21)16(22)20-14-11(17)7-5-8-12(14)18/h3-9H,2H2,1H3,(H,19,21)(H,20,22). The summed E-state index contributed by atoms with van der Waals surface area (Å²) in [4.78, 5) is 24.0. The molecule has 2 aromatic carbocycles. The highest BCUT2D eigenvalue weighted by Crippen LogP contribution is 2.29. The first-order valence-electron chi connectivity index (χ1n) is 6.67. The maximum atomic E-state index is 12.0. The van der Waals surface area contributed by atoms with Crippen molar-refractivity contribution in [3.8, 4) is 0 Å². The molecule has 2 N–H and O–H groups in total. The van der Waals surface area contributed by atoms with Crippen molar-refractivity contribution in [1.29, 1.82) is 0 Å². The number of benzene rings is 2. The number of carbonyl (C=O) groups is 2. The third-order valence-electron chi connectivity index (χ3n) is 3.05. The highest BCUT2D eigenvalue weighted by atomic mass is 35.5. The van der Waals surface area contributed by atoms with Gasteiger partial charge in [-0.2, -0.15) is 0 Å². The Morgan fingerprint density at radius 1 is 0.909 bits per heavy atom. The molecule has 0 aromatic heterocycles. The number of rotatable bonds is 3. The smallest absolute Gasteiger partial charge is 0.314 e. The van der Waals surface area contributed by atoms with Gasteiger partial charge in [-0.25, -0.2) is 0 Å². The molecule has 2 amide bonds. The highest BCUT2D eigenvalue weighted by Gasteiger charge is 2.17. The molecule has 0 bridgehead atoms. The van der Waals surface area contributed by atoms with Gasteiger partial charge in [0, 0.05) is 5.69 Å². The van der Waals surface area contributed by atoms with Crippen LogP contribution in [0.25, 0.3) is 0 Å². The number of amides is 2. The Hall–Kier alpha value is -2.04. The summed E-state index contributed by atoms with van der Waals surface area (Å²) in [6, 6.07) is 12.1. The lowest BCUT2D eigenvalue weighted by atomic mass is 10.1. The van der Waals surface area contributed by atoms with Gasteiger partial charge < -0.3 is 10.6 Å². The van der Waals surface area contributed by atoms with Crippen molar-refractivity contribution in [3.63, 3.8) is 0 Å². The van der Waals surface area contributed by atoms with Gasteiger partial charge in [0.25, 0.3) is 0 Å². The molecule has 0 fully saturated rings. The van der Waals surface area contributed by atoms with E-state index in [0.717, 1.165) is 12.0 Å². The van der Waals surface area contributed by atoms with Crippen molar-refractivity contribution in [3.05, 3.63) is 58.1 Å². The summed E-state index contributed by atoms with van der Waals surface area (Å²) < 4.78 is 0. The molecule has 0 heterocycles. The summed E-state index contributed by atoms with van der Waals surface area (Å²) in [5.41, 5.74) is 1.77. The normalized spacial score (nSPS) is 10.1. The molecule has 0 atom stereocenters. The number of para-hydroxylation sites is 2. The third-order valence-corrected chi connectivity index (χ3v) is 3.68. The maximum absolute atomic E-state index is 12.0. The third kappa shape index (κ3) is 3.78. The first-order valence-corrected chi connectivity index (χ1v) is 7.42. The minimum Gasteiger partial charge on any atom is -0.318 e. The molecular weight excluding hydrogens is 323 g/mol. The summed E-state index contributed by atoms with van der Waals surface area (Å²) in [6.07, 6.45) is 0.744. The molecule has 0 aliphatic rings. The van der Waals surface area contributed by atoms with E-state index in [-0.39, 0.29) is 15.7 Å². The summed E-state index contributed by atoms with van der Waals surface area (Å²) in [5.74, 6) is -1.61. The van der Waals surface area contributed by atoms with Gasteiger partial charge in [-0.05, 0) is 30.2 Å². The van der Waals surface area contributed by atoms with Gasteiger partial charge in [0.1, 0.15) is 0 Å². The SMILES string of the molecule is CCc1ccccc1NC(=O)C(=O)Nc1c(Cl)cccc1Cl. The van der Waals surface area contributed by atoms with Crippen LogP contribution in [0.2, 0.25) is 10.0 Å². The Kier molecular flexibility index (Phi) is 5.41. The fraction of sp³-hybridized carbons (Fsp3) is 0.125. The lowest BCUT2D eigenvalue weighted by molar-refractivity contribution is -0.133. The van der Waals surface area contributed by atoms with E-state index < -0.39 is 11.8 Å². The summed E-state index contributed by atoms with van der Waals surface area (Å²) >= 11 is 11.9. The van der Waals surface area contributed by atoms with Gasteiger partial charge in [-0.3, -0.25) is 9.59 Å². The number of hydrogen-bond donors (Lipinski definition) is 2. The molecule has 0 radical (unpaired) electrons. The second-order valence-electron chi connectivity index (χ2n) is 4.52. The molecule has 0 aliphatic heterocycles. The van der Waals surface area contributed by atoms with Crippen LogP contribution in [0.3, 0.4) is 0 Å². The van der Waals surface area contributed by atoms with Crippen LogP contribution in [-0.2, 0) is 16.0 Å². The zero-order valence-corrected chi connectivity index (χ0v) is 13.3. The molecule has 2 aromatic rings. The van der Waals surface area contributed by atoms with Crippen LogP contribution in [0.4, 0.5) is 11.4 Å². The van der Waals surface area contributed by atoms with Crippen LogP contribution in [-0.4, -0.2) is 11.8 Å². The predicted octanol–water partition coefficient (Wildman–Crippen LogP) is 4.13. The molecule has 0 aliphatic carbocycles. The minimum atomic E-state index is -0.832. The average Bonchev–Trinajstić information content (AvgIpc) is 2.51. The van der Waals surface area contributed by atoms with Gasteiger partial charge >= 0.3 is 11.8 Å². The van der Waals surface area contributed by atoms with E-state index in [0.29, 0.717) is 5.69 Å². The second kappa shape index (κ2) is 7.29. The van der Waals surface area contributed by atoms with Crippen LogP contribution in [0.5, 0.6) is 0 Å². The molecule has 0 saturated carbocycles. The number of carbonyl (C=O) groups excluding carboxylic acids is 2. The van der Waals surface area contributed by atoms with E-state index >= 15 is 0 Å². The van der Waals surface area contributed by atoms with Crippen LogP contribution in [0.1, 0.15) is 12.5 Å². The Balaban J connectivity index is 2.12. The number of anilines is 2. The van der Waals surface area contributed by atoms with E-state index in [4.69, 9.17) is 23.2 Å². The van der Waals surface area contributed by atoms with E-state index in [1.807, 2.05) is 19.1 Å². The fourth-order valence-electron chi connectivity index (χ4n) is 1.92. The predicted molar refractivity (Wildman–Crippen MR) is 89.5 cm³/mol. The molecule has 0 saturated heterocycles. The Morgan fingerprint density at radius 2 is 1.50 bits per heavy atom. The molecule has 4 nitrogen and oxygen atoms in total. The van der Waals surface area contributed by atoms with Gasteiger partial charge in [0.15, 0.2) is 0 Å². The lowest BCUT2D eigenvalue weighted by Gasteiger charge is -2.11.